The molecule has 0 amide bonds. The van der Waals surface area contributed by atoms with Gasteiger partial charge in [-0.1, -0.05) is 58.4 Å². The first-order chi connectivity index (χ1) is 7.75. The molecule has 0 nitrogen and oxygen atoms in total. The van der Waals surface area contributed by atoms with E-state index >= 15 is 0 Å². The van der Waals surface area contributed by atoms with E-state index in [0.717, 1.165) is 6.42 Å². The van der Waals surface area contributed by atoms with E-state index in [1.807, 2.05) is 6.07 Å². The zero-order valence-corrected chi connectivity index (χ0v) is 11.0. The minimum atomic E-state index is 0.689. The second-order valence-electron chi connectivity index (χ2n) is 4.45. The number of halogens is 1. The molecule has 1 fully saturated rings. The van der Waals surface area contributed by atoms with Crippen LogP contribution in [0.5, 0.6) is 0 Å². The fraction of sp³-hybridized carbons (Fsp3) is 0.333. The summed E-state index contributed by atoms with van der Waals surface area (Å²) in [5, 5.41) is 0. The van der Waals surface area contributed by atoms with Crippen molar-refractivity contribution in [2.24, 2.45) is 5.92 Å². The standard InChI is InChI=1S/C15H17Br/c1-12-6-5-9-14(12)11-15(16)10-13-7-3-2-4-8-13/h2-4,7-8,10,14H,1,5-6,9,11H2/b15-10-. The summed E-state index contributed by atoms with van der Waals surface area (Å²) in [6.07, 6.45) is 7.15. The molecular weight excluding hydrogens is 260 g/mol. The lowest BCUT2D eigenvalue weighted by atomic mass is 9.99. The average molecular weight is 277 g/mol. The molecule has 1 aliphatic carbocycles. The number of hydrogen-bond donors (Lipinski definition) is 0. The second kappa shape index (κ2) is 5.49. The third kappa shape index (κ3) is 3.08. The summed E-state index contributed by atoms with van der Waals surface area (Å²) >= 11 is 3.67. The molecule has 1 heteroatoms. The molecule has 1 atom stereocenters. The lowest BCUT2D eigenvalue weighted by Gasteiger charge is -2.10. The predicted octanol–water partition coefficient (Wildman–Crippen LogP) is 5.17. The van der Waals surface area contributed by atoms with Gasteiger partial charge >= 0.3 is 0 Å². The summed E-state index contributed by atoms with van der Waals surface area (Å²) in [6.45, 7) is 4.15. The van der Waals surface area contributed by atoms with Crippen molar-refractivity contribution < 1.29 is 0 Å². The topological polar surface area (TPSA) is 0 Å². The molecule has 0 N–H and O–H groups in total. The predicted molar refractivity (Wildman–Crippen MR) is 74.4 cm³/mol. The van der Waals surface area contributed by atoms with Crippen molar-refractivity contribution >= 4 is 22.0 Å². The molecule has 1 saturated carbocycles. The van der Waals surface area contributed by atoms with Gasteiger partial charge in [0.25, 0.3) is 0 Å². The minimum absolute atomic E-state index is 0.689. The molecule has 1 unspecified atom stereocenters. The third-order valence-electron chi connectivity index (χ3n) is 3.19. The van der Waals surface area contributed by atoms with Crippen LogP contribution in [0.4, 0.5) is 0 Å². The molecule has 0 bridgehead atoms. The van der Waals surface area contributed by atoms with Gasteiger partial charge in [-0.25, -0.2) is 0 Å². The summed E-state index contributed by atoms with van der Waals surface area (Å²) < 4.78 is 1.28. The highest BCUT2D eigenvalue weighted by Crippen LogP contribution is 2.36. The quantitative estimate of drug-likeness (QED) is 0.669. The Morgan fingerprint density at radius 1 is 1.38 bits per heavy atom. The SMILES string of the molecule is C=C1CCCC1C/C(Br)=C/c1ccccc1. The second-order valence-corrected chi connectivity index (χ2v) is 5.47. The van der Waals surface area contributed by atoms with E-state index < -0.39 is 0 Å². The molecule has 16 heavy (non-hydrogen) atoms. The molecule has 0 heterocycles. The number of benzene rings is 1. The maximum absolute atomic E-state index is 4.15. The van der Waals surface area contributed by atoms with E-state index in [2.05, 4.69) is 52.9 Å². The normalized spacial score (nSPS) is 21.4. The van der Waals surface area contributed by atoms with Gasteiger partial charge in [0, 0.05) is 0 Å². The van der Waals surface area contributed by atoms with Crippen LogP contribution in [-0.2, 0) is 0 Å². The summed E-state index contributed by atoms with van der Waals surface area (Å²) in [7, 11) is 0. The number of rotatable bonds is 3. The van der Waals surface area contributed by atoms with E-state index in [1.54, 1.807) is 0 Å². The zero-order valence-electron chi connectivity index (χ0n) is 9.45. The largest absolute Gasteiger partial charge is 0.0996 e. The lowest BCUT2D eigenvalue weighted by molar-refractivity contribution is 0.637. The maximum atomic E-state index is 4.15. The monoisotopic (exact) mass is 276 g/mol. The van der Waals surface area contributed by atoms with Gasteiger partial charge in [0.1, 0.15) is 0 Å². The maximum Gasteiger partial charge on any atom is -0.00375 e. The zero-order chi connectivity index (χ0) is 11.4. The molecule has 1 aromatic carbocycles. The lowest BCUT2D eigenvalue weighted by Crippen LogP contribution is -1.95. The van der Waals surface area contributed by atoms with Crippen molar-refractivity contribution in [3.63, 3.8) is 0 Å². The first kappa shape index (κ1) is 11.7. The van der Waals surface area contributed by atoms with Crippen molar-refractivity contribution in [2.75, 3.05) is 0 Å². The molecule has 0 spiro atoms. The van der Waals surface area contributed by atoms with Gasteiger partial charge in [-0.3, -0.25) is 0 Å². The molecule has 0 saturated heterocycles. The summed E-state index contributed by atoms with van der Waals surface area (Å²) in [6, 6.07) is 10.4. The summed E-state index contributed by atoms with van der Waals surface area (Å²) in [5.41, 5.74) is 2.69. The fourth-order valence-electron chi connectivity index (χ4n) is 2.25. The van der Waals surface area contributed by atoms with Crippen LogP contribution in [0.1, 0.15) is 31.2 Å². The Morgan fingerprint density at radius 2 is 2.12 bits per heavy atom. The van der Waals surface area contributed by atoms with E-state index in [9.17, 15) is 0 Å². The van der Waals surface area contributed by atoms with E-state index in [4.69, 9.17) is 0 Å². The van der Waals surface area contributed by atoms with Gasteiger partial charge in [-0.2, -0.15) is 0 Å². The molecular formula is C15H17Br. The van der Waals surface area contributed by atoms with Crippen LogP contribution in [-0.4, -0.2) is 0 Å². The molecule has 2 rings (SSSR count). The first-order valence-corrected chi connectivity index (χ1v) is 6.64. The van der Waals surface area contributed by atoms with Crippen molar-refractivity contribution in [3.05, 3.63) is 52.5 Å². The van der Waals surface area contributed by atoms with E-state index in [0.29, 0.717) is 5.92 Å². The summed E-state index contributed by atoms with van der Waals surface area (Å²) in [5.74, 6) is 0.689. The van der Waals surface area contributed by atoms with E-state index in [-0.39, 0.29) is 0 Å². The van der Waals surface area contributed by atoms with Gasteiger partial charge in [0.2, 0.25) is 0 Å². The Morgan fingerprint density at radius 3 is 2.75 bits per heavy atom. The molecule has 0 aromatic heterocycles. The van der Waals surface area contributed by atoms with Crippen LogP contribution >= 0.6 is 15.9 Å². The molecule has 1 aliphatic rings. The number of allylic oxidation sites excluding steroid dienone is 2. The van der Waals surface area contributed by atoms with Gasteiger partial charge in [0.05, 0.1) is 0 Å². The van der Waals surface area contributed by atoms with Gasteiger partial charge in [-0.05, 0) is 47.7 Å². The Hall–Kier alpha value is -0.820. The molecule has 84 valence electrons. The van der Waals surface area contributed by atoms with Gasteiger partial charge < -0.3 is 0 Å². The van der Waals surface area contributed by atoms with E-state index in [1.165, 1.54) is 34.9 Å². The highest BCUT2D eigenvalue weighted by atomic mass is 79.9. The van der Waals surface area contributed by atoms with Crippen molar-refractivity contribution in [1.29, 1.82) is 0 Å². The molecule has 0 aliphatic heterocycles. The van der Waals surface area contributed by atoms with Crippen LogP contribution in [0.2, 0.25) is 0 Å². The van der Waals surface area contributed by atoms with Crippen molar-refractivity contribution in [2.45, 2.75) is 25.7 Å². The van der Waals surface area contributed by atoms with Gasteiger partial charge in [0.15, 0.2) is 0 Å². The third-order valence-corrected chi connectivity index (χ3v) is 3.74. The Bertz CT molecular complexity index is 389. The molecule has 1 aromatic rings. The smallest absolute Gasteiger partial charge is 0.00375 e. The van der Waals surface area contributed by atoms with Crippen molar-refractivity contribution in [1.82, 2.24) is 0 Å². The highest BCUT2D eigenvalue weighted by Gasteiger charge is 2.19. The van der Waals surface area contributed by atoms with Crippen LogP contribution < -0.4 is 0 Å². The minimum Gasteiger partial charge on any atom is -0.0996 e. The fourth-order valence-corrected chi connectivity index (χ4v) is 2.91. The Balaban J connectivity index is 2.00. The van der Waals surface area contributed by atoms with Crippen LogP contribution in [0.3, 0.4) is 0 Å². The Kier molecular flexibility index (Phi) is 4.00. The highest BCUT2D eigenvalue weighted by molar-refractivity contribution is 9.11. The summed E-state index contributed by atoms with van der Waals surface area (Å²) in [4.78, 5) is 0. The Labute approximate surface area is 106 Å². The number of hydrogen-bond acceptors (Lipinski definition) is 0. The van der Waals surface area contributed by atoms with Gasteiger partial charge in [-0.15, -0.1) is 0 Å². The molecule has 0 radical (unpaired) electrons. The first-order valence-electron chi connectivity index (χ1n) is 5.84. The van der Waals surface area contributed by atoms with Crippen molar-refractivity contribution in [3.8, 4) is 0 Å². The van der Waals surface area contributed by atoms with Crippen LogP contribution in [0, 0.1) is 5.92 Å². The average Bonchev–Trinajstić information content (AvgIpc) is 2.66. The van der Waals surface area contributed by atoms with Crippen LogP contribution in [0.15, 0.2) is 47.0 Å². The van der Waals surface area contributed by atoms with Crippen LogP contribution in [0.25, 0.3) is 6.08 Å².